The molecule has 0 aromatic heterocycles. The molecule has 2 aliphatic rings. The highest BCUT2D eigenvalue weighted by atomic mass is 19.1. The van der Waals surface area contributed by atoms with Gasteiger partial charge >= 0.3 is 0 Å². The fraction of sp³-hybridized carbons (Fsp3) is 0.423. The number of allylic oxidation sites excluding steroid dienone is 2. The van der Waals surface area contributed by atoms with Gasteiger partial charge in [-0.2, -0.15) is 0 Å². The fourth-order valence-electron chi connectivity index (χ4n) is 7.80. The second-order valence-electron chi connectivity index (χ2n) is 16.3. The van der Waals surface area contributed by atoms with Crippen molar-refractivity contribution < 1.29 is 13.2 Å². The topological polar surface area (TPSA) is 53.6 Å². The lowest BCUT2D eigenvalue weighted by atomic mass is 9.74. The summed E-state index contributed by atoms with van der Waals surface area (Å²) >= 11 is 0. The van der Waals surface area contributed by atoms with Crippen molar-refractivity contribution in [2.45, 2.75) is 104 Å². The minimum atomic E-state index is -0.839. The molecule has 5 nitrogen and oxygen atoms in total. The third-order valence-electron chi connectivity index (χ3n) is 11.4. The van der Waals surface area contributed by atoms with E-state index in [1.54, 1.807) is 0 Å². The number of alkyl halides is 1. The normalized spacial score (nSPS) is 17.7. The van der Waals surface area contributed by atoms with Gasteiger partial charge in [0.05, 0.1) is 12.7 Å². The molecule has 324 valence electrons. The summed E-state index contributed by atoms with van der Waals surface area (Å²) in [6, 6.07) is 19.4. The predicted octanol–water partition coefficient (Wildman–Crippen LogP) is 13.3. The predicted molar refractivity (Wildman–Crippen MR) is 251 cm³/mol. The molecule has 0 spiro atoms. The summed E-state index contributed by atoms with van der Waals surface area (Å²) in [4.78, 5) is 7.61. The average Bonchev–Trinajstić information content (AvgIpc) is 3.20. The number of nitrogens with two attached hydrogens (primary N) is 1. The van der Waals surface area contributed by atoms with Crippen molar-refractivity contribution in [3.63, 3.8) is 0 Å². The van der Waals surface area contributed by atoms with E-state index in [0.29, 0.717) is 37.2 Å². The van der Waals surface area contributed by atoms with Gasteiger partial charge in [0, 0.05) is 49.8 Å². The standard InChI is InChI=1S/C38H50F3N4.C12H17N.C2H4/c1-7-19-44(25-26(3)4)27(5)45(6,36-16-12-15-34(35(42)8-2)38(36)29-22-32(41)23-29)37(43-33-13-10-9-11-14-33)18-17-28-20-30(39)24-31(40)21-28;1-3-4-9-13-10-8-11(2)12-6-5-7-12;1-2/h9-16,20-21,24,26,29,32,35H,5,7-8,17-19,22-23,25,42H2,1-4,6H3;4,8,10,12-13H,1-2,5-7,9H2;1-2H2/q+1;;/b;10-8-;. The number of quaternary nitrogens is 1. The molecule has 5 rings (SSSR count). The number of hydrogen-bond acceptors (Lipinski definition) is 4. The average molecular weight is 823 g/mol. The SMILES string of the molecule is C=C.C=C(N(CCC)CC(C)C)[N+](C)(C(CCc1cc(F)cc(F)c1)=Nc1ccccc1)c1cccc(C(N)CC)c1C1CC(F)C1.C=C=CCN/C=C\C(=C)C1CCC1. The summed E-state index contributed by atoms with van der Waals surface area (Å²) in [6.07, 6.45) is 12.4. The van der Waals surface area contributed by atoms with Gasteiger partial charge in [-0.15, -0.1) is 18.9 Å². The number of aliphatic imine (C=N–C) groups is 1. The first-order valence-electron chi connectivity index (χ1n) is 21.7. The molecule has 3 N–H and O–H groups in total. The number of para-hydroxylation sites is 1. The van der Waals surface area contributed by atoms with Gasteiger partial charge in [-0.3, -0.25) is 0 Å². The van der Waals surface area contributed by atoms with Crippen LogP contribution in [0.15, 0.2) is 140 Å². The first-order valence-corrected chi connectivity index (χ1v) is 21.7. The fourth-order valence-corrected chi connectivity index (χ4v) is 7.80. The molecule has 60 heavy (non-hydrogen) atoms. The molecule has 2 aliphatic carbocycles. The summed E-state index contributed by atoms with van der Waals surface area (Å²) in [5.41, 5.74) is 15.1. The lowest BCUT2D eigenvalue weighted by Gasteiger charge is -2.44. The molecular weight excluding hydrogens is 752 g/mol. The minimum absolute atomic E-state index is 0.0223. The van der Waals surface area contributed by atoms with E-state index in [1.807, 2.05) is 48.7 Å². The van der Waals surface area contributed by atoms with Crippen LogP contribution in [0.5, 0.6) is 0 Å². The summed E-state index contributed by atoms with van der Waals surface area (Å²) < 4.78 is 43.2. The Labute approximate surface area is 360 Å². The van der Waals surface area contributed by atoms with Gasteiger partial charge in [-0.25, -0.2) is 22.6 Å². The molecular formula is C52H71F3N5+. The van der Waals surface area contributed by atoms with Crippen LogP contribution in [0.4, 0.5) is 24.5 Å². The molecule has 8 heteroatoms. The van der Waals surface area contributed by atoms with Crippen molar-refractivity contribution >= 4 is 17.2 Å². The van der Waals surface area contributed by atoms with Crippen molar-refractivity contribution in [1.82, 2.24) is 14.7 Å². The first kappa shape index (κ1) is 49.5. The summed E-state index contributed by atoms with van der Waals surface area (Å²) in [6.45, 7) is 29.3. The van der Waals surface area contributed by atoms with Crippen molar-refractivity contribution in [1.29, 1.82) is 0 Å². The van der Waals surface area contributed by atoms with Gasteiger partial charge in [-0.1, -0.05) is 83.2 Å². The molecule has 0 saturated heterocycles. The highest BCUT2D eigenvalue weighted by Gasteiger charge is 2.45. The number of hydrogen-bond donors (Lipinski definition) is 2. The van der Waals surface area contributed by atoms with E-state index in [1.165, 1.54) is 37.0 Å². The van der Waals surface area contributed by atoms with Crippen molar-refractivity contribution in [3.8, 4) is 0 Å². The molecule has 2 saturated carbocycles. The molecule has 2 fully saturated rings. The zero-order valence-electron chi connectivity index (χ0n) is 37.0. The van der Waals surface area contributed by atoms with Crippen LogP contribution in [0, 0.1) is 23.5 Å². The van der Waals surface area contributed by atoms with Crippen LogP contribution in [-0.2, 0) is 6.42 Å². The Morgan fingerprint density at radius 3 is 2.23 bits per heavy atom. The number of nitrogens with one attached hydrogen (secondary N) is 1. The molecule has 0 bridgehead atoms. The van der Waals surface area contributed by atoms with Gasteiger partial charge in [0.15, 0.2) is 0 Å². The molecule has 2 atom stereocenters. The van der Waals surface area contributed by atoms with E-state index in [0.717, 1.165) is 78.6 Å². The number of halogens is 3. The largest absolute Gasteiger partial charge is 0.387 e. The van der Waals surface area contributed by atoms with Crippen molar-refractivity contribution in [3.05, 3.63) is 163 Å². The third kappa shape index (κ3) is 13.8. The second kappa shape index (κ2) is 25.0. The summed E-state index contributed by atoms with van der Waals surface area (Å²) in [7, 11) is 2.12. The number of amidine groups is 1. The minimum Gasteiger partial charge on any atom is -0.387 e. The maximum atomic E-state index is 14.5. The Bertz CT molecular complexity index is 1900. The van der Waals surface area contributed by atoms with Crippen LogP contribution < -0.4 is 15.5 Å². The van der Waals surface area contributed by atoms with Crippen molar-refractivity contribution in [2.24, 2.45) is 22.6 Å². The zero-order chi connectivity index (χ0) is 44.2. The lowest BCUT2D eigenvalue weighted by Crippen LogP contribution is -2.55. The van der Waals surface area contributed by atoms with Crippen LogP contribution in [0.1, 0.15) is 108 Å². The van der Waals surface area contributed by atoms with Crippen LogP contribution >= 0.6 is 0 Å². The van der Waals surface area contributed by atoms with E-state index in [-0.39, 0.29) is 16.4 Å². The molecule has 3 aromatic rings. The Balaban J connectivity index is 0.000000542. The molecule has 2 unspecified atom stereocenters. The third-order valence-corrected chi connectivity index (χ3v) is 11.4. The number of rotatable bonds is 19. The Morgan fingerprint density at radius 2 is 1.68 bits per heavy atom. The van der Waals surface area contributed by atoms with E-state index in [4.69, 9.17) is 17.3 Å². The zero-order valence-corrected chi connectivity index (χ0v) is 37.0. The van der Waals surface area contributed by atoms with E-state index < -0.39 is 17.8 Å². The van der Waals surface area contributed by atoms with Gasteiger partial charge in [-0.05, 0) is 123 Å². The summed E-state index contributed by atoms with van der Waals surface area (Å²) in [5, 5.41) is 3.12. The Hall–Kier alpha value is -4.88. The quantitative estimate of drug-likeness (QED) is 0.0241. The van der Waals surface area contributed by atoms with Gasteiger partial charge < -0.3 is 16.0 Å². The molecule has 0 aliphatic heterocycles. The smallest absolute Gasteiger partial charge is 0.214 e. The van der Waals surface area contributed by atoms with Gasteiger partial charge in [0.25, 0.3) is 0 Å². The van der Waals surface area contributed by atoms with Crippen LogP contribution in [0.25, 0.3) is 0 Å². The Kier molecular flexibility index (Phi) is 20.6. The molecule has 0 heterocycles. The van der Waals surface area contributed by atoms with Gasteiger partial charge in [0.2, 0.25) is 11.7 Å². The van der Waals surface area contributed by atoms with Gasteiger partial charge in [0.1, 0.15) is 23.5 Å². The van der Waals surface area contributed by atoms with E-state index in [2.05, 4.69) is 95.2 Å². The lowest BCUT2D eigenvalue weighted by molar-refractivity contribution is 0.177. The first-order chi connectivity index (χ1) is 28.8. The molecule has 0 amide bonds. The summed E-state index contributed by atoms with van der Waals surface area (Å²) in [5.74, 6) is 1.57. The number of nitrogens with zero attached hydrogens (tertiary/aromatic N) is 3. The van der Waals surface area contributed by atoms with E-state index in [9.17, 15) is 13.2 Å². The second-order valence-corrected chi connectivity index (χ2v) is 16.3. The highest BCUT2D eigenvalue weighted by Crippen LogP contribution is 2.49. The number of aryl methyl sites for hydroxylation is 1. The van der Waals surface area contributed by atoms with Crippen LogP contribution in [0.3, 0.4) is 0 Å². The maximum Gasteiger partial charge on any atom is 0.214 e. The van der Waals surface area contributed by atoms with Crippen LogP contribution in [-0.4, -0.2) is 43.6 Å². The van der Waals surface area contributed by atoms with E-state index >= 15 is 0 Å². The monoisotopic (exact) mass is 823 g/mol. The Morgan fingerprint density at radius 1 is 1.02 bits per heavy atom. The number of benzene rings is 3. The van der Waals surface area contributed by atoms with Crippen LogP contribution in [0.2, 0.25) is 0 Å². The molecule has 3 aromatic carbocycles. The molecule has 0 radical (unpaired) electrons. The highest BCUT2D eigenvalue weighted by molar-refractivity contribution is 5.97. The van der Waals surface area contributed by atoms with Crippen molar-refractivity contribution in [2.75, 3.05) is 26.7 Å². The maximum absolute atomic E-state index is 14.5.